The molecule has 3 aromatic carbocycles. The molecule has 2 amide bonds. The number of hydrogen-bond acceptors (Lipinski definition) is 6. The molecule has 2 N–H and O–H groups in total. The summed E-state index contributed by atoms with van der Waals surface area (Å²) in [5, 5.41) is 12.8. The number of amides is 2. The molecule has 0 unspecified atom stereocenters. The Morgan fingerprint density at radius 1 is 0.714 bits per heavy atom. The predicted molar refractivity (Wildman–Crippen MR) is 182 cm³/mol. The van der Waals surface area contributed by atoms with Gasteiger partial charge in [0.1, 0.15) is 11.6 Å². The molecular formula is C38H40F2N6O3. The molecule has 3 heterocycles. The summed E-state index contributed by atoms with van der Waals surface area (Å²) in [5.74, 6) is -1.10. The van der Waals surface area contributed by atoms with Crippen molar-refractivity contribution in [3.05, 3.63) is 111 Å². The second kappa shape index (κ2) is 13.1. The van der Waals surface area contributed by atoms with E-state index in [1.165, 1.54) is 48.6 Å². The van der Waals surface area contributed by atoms with Gasteiger partial charge in [-0.2, -0.15) is 5.10 Å². The molecule has 0 atom stereocenters. The maximum atomic E-state index is 15.0. The van der Waals surface area contributed by atoms with Crippen molar-refractivity contribution < 1.29 is 18.4 Å². The number of likely N-dealkylation sites (tertiary alicyclic amines) is 2. The van der Waals surface area contributed by atoms with Crippen LogP contribution >= 0.6 is 0 Å². The van der Waals surface area contributed by atoms with Gasteiger partial charge in [-0.05, 0) is 67.1 Å². The van der Waals surface area contributed by atoms with E-state index in [0.717, 1.165) is 13.1 Å². The largest absolute Gasteiger partial charge is 0.338 e. The Kier molecular flexibility index (Phi) is 8.49. The van der Waals surface area contributed by atoms with Crippen molar-refractivity contribution in [2.45, 2.75) is 50.7 Å². The van der Waals surface area contributed by atoms with Gasteiger partial charge < -0.3 is 20.4 Å². The molecule has 9 nitrogen and oxygen atoms in total. The molecule has 11 heteroatoms. The van der Waals surface area contributed by atoms with Crippen LogP contribution in [0.5, 0.6) is 0 Å². The van der Waals surface area contributed by atoms with Gasteiger partial charge in [0.05, 0.1) is 28.8 Å². The van der Waals surface area contributed by atoms with Crippen molar-refractivity contribution in [1.29, 1.82) is 0 Å². The second-order valence-electron chi connectivity index (χ2n) is 14.3. The Morgan fingerprint density at radius 3 is 1.78 bits per heavy atom. The molecule has 4 aliphatic rings. The van der Waals surface area contributed by atoms with Gasteiger partial charge in [-0.1, -0.05) is 30.3 Å². The van der Waals surface area contributed by atoms with Gasteiger partial charge in [0, 0.05) is 75.0 Å². The highest BCUT2D eigenvalue weighted by molar-refractivity contribution is 5.96. The first-order valence-corrected chi connectivity index (χ1v) is 17.4. The monoisotopic (exact) mass is 666 g/mol. The van der Waals surface area contributed by atoms with Crippen LogP contribution in [0.25, 0.3) is 10.8 Å². The fourth-order valence-corrected chi connectivity index (χ4v) is 6.90. The average molecular weight is 667 g/mol. The Bertz CT molecular complexity index is 1980. The second-order valence-corrected chi connectivity index (χ2v) is 14.3. The van der Waals surface area contributed by atoms with E-state index in [9.17, 15) is 23.2 Å². The lowest BCUT2D eigenvalue weighted by molar-refractivity contribution is 0.0489. The summed E-state index contributed by atoms with van der Waals surface area (Å²) in [7, 11) is 0. The van der Waals surface area contributed by atoms with Crippen LogP contribution in [0, 0.1) is 23.5 Å². The van der Waals surface area contributed by atoms with Gasteiger partial charge in [-0.15, -0.1) is 0 Å². The summed E-state index contributed by atoms with van der Waals surface area (Å²) >= 11 is 0. The number of carbonyl (C=O) groups excluding carboxylic acids is 2. The molecule has 0 bridgehead atoms. The summed E-state index contributed by atoms with van der Waals surface area (Å²) < 4.78 is 31.2. The minimum atomic E-state index is -0.599. The standard InChI is InChI=1S/C38H40F2N6O3/c39-33-11-5-23(13-31(33)36(47)44-18-25(19-44)16-41-27-7-8-27)15-35-29-3-1-2-4-30(29)38(49)46(43-35)22-24-6-12-34(40)32(14-24)37(48)45-20-26(21-45)17-42-28-9-10-28/h1-6,11-14,25-28,41-42H,7-10,15-22H2. The molecule has 254 valence electrons. The average Bonchev–Trinajstić information content (AvgIpc) is 4.00. The van der Waals surface area contributed by atoms with Gasteiger partial charge in [-0.3, -0.25) is 14.4 Å². The minimum Gasteiger partial charge on any atom is -0.338 e. The van der Waals surface area contributed by atoms with Gasteiger partial charge in [0.15, 0.2) is 0 Å². The number of halogens is 2. The molecule has 2 saturated carbocycles. The molecule has 2 aliphatic carbocycles. The molecule has 4 fully saturated rings. The normalized spacial score (nSPS) is 18.1. The van der Waals surface area contributed by atoms with Crippen molar-refractivity contribution >= 4 is 22.6 Å². The molecule has 1 aromatic heterocycles. The van der Waals surface area contributed by atoms with Crippen molar-refractivity contribution in [3.63, 3.8) is 0 Å². The minimum absolute atomic E-state index is 0.0172. The zero-order chi connectivity index (χ0) is 33.6. The summed E-state index contributed by atoms with van der Waals surface area (Å²) in [6.07, 6.45) is 5.09. The zero-order valence-electron chi connectivity index (χ0n) is 27.3. The maximum absolute atomic E-state index is 15.0. The van der Waals surface area contributed by atoms with Crippen molar-refractivity contribution in [3.8, 4) is 0 Å². The quantitative estimate of drug-likeness (QED) is 0.238. The smallest absolute Gasteiger partial charge is 0.274 e. The molecule has 0 spiro atoms. The van der Waals surface area contributed by atoms with Crippen LogP contribution in [0.4, 0.5) is 8.78 Å². The van der Waals surface area contributed by atoms with E-state index < -0.39 is 11.6 Å². The highest BCUT2D eigenvalue weighted by atomic mass is 19.1. The Hall–Kier alpha value is -4.48. The number of carbonyl (C=O) groups is 2. The maximum Gasteiger partial charge on any atom is 0.274 e. The molecule has 4 aromatic rings. The van der Waals surface area contributed by atoms with Crippen LogP contribution in [-0.4, -0.2) is 82.7 Å². The van der Waals surface area contributed by atoms with Crippen molar-refractivity contribution in [2.24, 2.45) is 11.8 Å². The molecule has 2 saturated heterocycles. The van der Waals surface area contributed by atoms with Crippen LogP contribution in [-0.2, 0) is 13.0 Å². The van der Waals surface area contributed by atoms with E-state index in [1.54, 1.807) is 40.1 Å². The van der Waals surface area contributed by atoms with E-state index >= 15 is 0 Å². The third-order valence-corrected chi connectivity index (χ3v) is 10.2. The van der Waals surface area contributed by atoms with E-state index in [1.807, 2.05) is 12.1 Å². The summed E-state index contributed by atoms with van der Waals surface area (Å²) in [4.78, 5) is 43.4. The van der Waals surface area contributed by atoms with Gasteiger partial charge in [-0.25, -0.2) is 13.5 Å². The highest BCUT2D eigenvalue weighted by Gasteiger charge is 2.35. The lowest BCUT2D eigenvalue weighted by Gasteiger charge is -2.39. The molecule has 2 aliphatic heterocycles. The number of rotatable bonds is 12. The van der Waals surface area contributed by atoms with Crippen LogP contribution in [0.1, 0.15) is 63.2 Å². The molecule has 0 radical (unpaired) electrons. The fraction of sp³-hybridized carbons (Fsp3) is 0.421. The number of fused-ring (bicyclic) bond motifs is 1. The number of benzene rings is 3. The van der Waals surface area contributed by atoms with Crippen LogP contribution in [0.15, 0.2) is 65.5 Å². The Balaban J connectivity index is 0.996. The van der Waals surface area contributed by atoms with Gasteiger partial charge >= 0.3 is 0 Å². The first kappa shape index (κ1) is 31.8. The van der Waals surface area contributed by atoms with Crippen LogP contribution in [0.3, 0.4) is 0 Å². The topological polar surface area (TPSA) is 99.6 Å². The molecular weight excluding hydrogens is 626 g/mol. The van der Waals surface area contributed by atoms with Crippen LogP contribution < -0.4 is 16.2 Å². The lowest BCUT2D eigenvalue weighted by atomic mass is 9.97. The van der Waals surface area contributed by atoms with E-state index in [4.69, 9.17) is 5.10 Å². The van der Waals surface area contributed by atoms with E-state index in [2.05, 4.69) is 10.6 Å². The summed E-state index contributed by atoms with van der Waals surface area (Å²) in [5.41, 5.74) is 1.54. The van der Waals surface area contributed by atoms with E-state index in [0.29, 0.717) is 77.7 Å². The molecule has 49 heavy (non-hydrogen) atoms. The SMILES string of the molecule is O=C(c1cc(Cc2nn(Cc3ccc(F)c(C(=O)N4CC(CNC5CC5)C4)c3)c(=O)c3ccccc23)ccc1F)N1CC(CNC2CC2)C1. The summed E-state index contributed by atoms with van der Waals surface area (Å²) in [6.45, 7) is 4.15. The van der Waals surface area contributed by atoms with E-state index in [-0.39, 0.29) is 41.5 Å². The fourth-order valence-electron chi connectivity index (χ4n) is 6.90. The number of aromatic nitrogens is 2. The van der Waals surface area contributed by atoms with Gasteiger partial charge in [0.2, 0.25) is 0 Å². The predicted octanol–water partition coefficient (Wildman–Crippen LogP) is 3.96. The zero-order valence-corrected chi connectivity index (χ0v) is 27.3. The number of hydrogen-bond donors (Lipinski definition) is 2. The van der Waals surface area contributed by atoms with Crippen molar-refractivity contribution in [2.75, 3.05) is 39.3 Å². The van der Waals surface area contributed by atoms with Crippen molar-refractivity contribution in [1.82, 2.24) is 30.2 Å². The third-order valence-electron chi connectivity index (χ3n) is 10.2. The lowest BCUT2D eigenvalue weighted by Crippen LogP contribution is -2.53. The van der Waals surface area contributed by atoms with Gasteiger partial charge in [0.25, 0.3) is 17.4 Å². The Labute approximate surface area is 283 Å². The summed E-state index contributed by atoms with van der Waals surface area (Å²) in [6, 6.07) is 17.2. The van der Waals surface area contributed by atoms with Crippen LogP contribution in [0.2, 0.25) is 0 Å². The first-order chi connectivity index (χ1) is 23.8. The number of nitrogens with one attached hydrogen (secondary N) is 2. The third kappa shape index (κ3) is 6.87. The highest BCUT2D eigenvalue weighted by Crippen LogP contribution is 2.26. The first-order valence-electron chi connectivity index (χ1n) is 17.4. The number of nitrogens with zero attached hydrogens (tertiary/aromatic N) is 4. The Morgan fingerprint density at radius 2 is 1.22 bits per heavy atom. The molecule has 8 rings (SSSR count).